The number of rotatable bonds is 4. The van der Waals surface area contributed by atoms with Gasteiger partial charge in [0.05, 0.1) is 0 Å². The SMILES string of the molecule is c1ccc(-c2nc(-c3ccc(-c4ccc5ccccc5c4)cc3)nc(-c3cccc4ccc5c6ccccc6oc5c34)n2)cc1. The van der Waals surface area contributed by atoms with E-state index in [0.29, 0.717) is 17.5 Å². The third-order valence-electron chi connectivity index (χ3n) is 8.52. The van der Waals surface area contributed by atoms with Crippen LogP contribution in [0.5, 0.6) is 0 Å². The average molecular weight is 576 g/mol. The maximum Gasteiger partial charge on any atom is 0.164 e. The first-order valence-electron chi connectivity index (χ1n) is 15.0. The molecule has 0 fully saturated rings. The monoisotopic (exact) mass is 575 g/mol. The van der Waals surface area contributed by atoms with E-state index in [1.54, 1.807) is 0 Å². The van der Waals surface area contributed by atoms with Crippen molar-refractivity contribution in [1.82, 2.24) is 15.0 Å². The van der Waals surface area contributed by atoms with E-state index < -0.39 is 0 Å². The Balaban J connectivity index is 1.22. The highest BCUT2D eigenvalue weighted by Crippen LogP contribution is 2.39. The lowest BCUT2D eigenvalue weighted by atomic mass is 10.00. The Hall–Kier alpha value is -6.13. The second-order valence-electron chi connectivity index (χ2n) is 11.3. The van der Waals surface area contributed by atoms with Gasteiger partial charge in [-0.25, -0.2) is 15.0 Å². The molecule has 0 N–H and O–H groups in total. The minimum atomic E-state index is 0.607. The van der Waals surface area contributed by atoms with Gasteiger partial charge >= 0.3 is 0 Å². The van der Waals surface area contributed by atoms with E-state index in [4.69, 9.17) is 19.4 Å². The number of para-hydroxylation sites is 1. The van der Waals surface area contributed by atoms with E-state index in [2.05, 4.69) is 103 Å². The molecule has 0 unspecified atom stereocenters. The molecular weight excluding hydrogens is 550 g/mol. The molecule has 0 radical (unpaired) electrons. The van der Waals surface area contributed by atoms with Crippen molar-refractivity contribution in [2.75, 3.05) is 0 Å². The number of nitrogens with zero attached hydrogens (tertiary/aromatic N) is 3. The Morgan fingerprint density at radius 1 is 0.378 bits per heavy atom. The summed E-state index contributed by atoms with van der Waals surface area (Å²) in [7, 11) is 0. The number of aromatic nitrogens is 3. The third-order valence-corrected chi connectivity index (χ3v) is 8.52. The summed E-state index contributed by atoms with van der Waals surface area (Å²) >= 11 is 0. The van der Waals surface area contributed by atoms with Crippen molar-refractivity contribution in [3.8, 4) is 45.3 Å². The highest BCUT2D eigenvalue weighted by atomic mass is 16.3. The molecule has 7 aromatic carbocycles. The number of benzene rings is 7. The molecule has 0 saturated carbocycles. The van der Waals surface area contributed by atoms with E-state index in [1.165, 1.54) is 16.3 Å². The predicted molar refractivity (Wildman–Crippen MR) is 184 cm³/mol. The van der Waals surface area contributed by atoms with E-state index in [1.807, 2.05) is 48.5 Å². The fraction of sp³-hybridized carbons (Fsp3) is 0. The lowest BCUT2D eigenvalue weighted by Crippen LogP contribution is -2.00. The Morgan fingerprint density at radius 3 is 1.84 bits per heavy atom. The molecule has 0 atom stereocenters. The van der Waals surface area contributed by atoms with Gasteiger partial charge in [0.1, 0.15) is 11.2 Å². The molecule has 0 spiro atoms. The summed E-state index contributed by atoms with van der Waals surface area (Å²) in [6.07, 6.45) is 0. The standard InChI is InChI=1S/C41H25N3O/c1-2-10-29(11-3-1)39-42-40(30-20-17-27(18-21-30)32-22-19-26-9-4-5-12-31(26)25-32)44-41(43-39)35-15-8-13-28-23-24-34-33-14-6-7-16-36(33)45-38(34)37(28)35/h1-25H. The van der Waals surface area contributed by atoms with Crippen LogP contribution in [0.1, 0.15) is 0 Å². The normalized spacial score (nSPS) is 11.6. The molecule has 4 nitrogen and oxygen atoms in total. The molecule has 0 aliphatic rings. The van der Waals surface area contributed by atoms with E-state index in [-0.39, 0.29) is 0 Å². The molecule has 210 valence electrons. The van der Waals surface area contributed by atoms with Crippen LogP contribution in [0.2, 0.25) is 0 Å². The molecule has 0 bridgehead atoms. The first-order chi connectivity index (χ1) is 22.3. The maximum absolute atomic E-state index is 6.47. The molecular formula is C41H25N3O. The molecule has 0 amide bonds. The summed E-state index contributed by atoms with van der Waals surface area (Å²) in [5.74, 6) is 1.86. The Bertz CT molecular complexity index is 2530. The quantitative estimate of drug-likeness (QED) is 0.209. The van der Waals surface area contributed by atoms with Gasteiger partial charge in [-0.1, -0.05) is 133 Å². The van der Waals surface area contributed by atoms with Gasteiger partial charge in [-0.05, 0) is 45.5 Å². The van der Waals surface area contributed by atoms with Crippen LogP contribution >= 0.6 is 0 Å². The molecule has 0 aliphatic heterocycles. The summed E-state index contributed by atoms with van der Waals surface area (Å²) < 4.78 is 6.47. The van der Waals surface area contributed by atoms with Crippen LogP contribution in [0.4, 0.5) is 0 Å². The predicted octanol–water partition coefficient (Wildman–Crippen LogP) is 10.7. The molecule has 4 heteroatoms. The third kappa shape index (κ3) is 4.35. The largest absolute Gasteiger partial charge is 0.455 e. The summed E-state index contributed by atoms with van der Waals surface area (Å²) in [4.78, 5) is 15.1. The van der Waals surface area contributed by atoms with Gasteiger partial charge in [-0.15, -0.1) is 0 Å². The zero-order chi connectivity index (χ0) is 29.7. The number of hydrogen-bond donors (Lipinski definition) is 0. The van der Waals surface area contributed by atoms with Gasteiger partial charge in [-0.3, -0.25) is 0 Å². The van der Waals surface area contributed by atoms with Crippen LogP contribution in [-0.4, -0.2) is 15.0 Å². The van der Waals surface area contributed by atoms with Crippen LogP contribution in [0.15, 0.2) is 156 Å². The summed E-state index contributed by atoms with van der Waals surface area (Å²) in [6, 6.07) is 52.3. The number of hydrogen-bond acceptors (Lipinski definition) is 4. The van der Waals surface area contributed by atoms with E-state index >= 15 is 0 Å². The van der Waals surface area contributed by atoms with Crippen LogP contribution < -0.4 is 0 Å². The summed E-state index contributed by atoms with van der Waals surface area (Å²) in [6.45, 7) is 0. The van der Waals surface area contributed by atoms with Crippen LogP contribution in [-0.2, 0) is 0 Å². The van der Waals surface area contributed by atoms with Crippen molar-refractivity contribution in [3.05, 3.63) is 152 Å². The topological polar surface area (TPSA) is 51.8 Å². The molecule has 45 heavy (non-hydrogen) atoms. The lowest BCUT2D eigenvalue weighted by molar-refractivity contribution is 0.672. The van der Waals surface area contributed by atoms with Crippen LogP contribution in [0.3, 0.4) is 0 Å². The van der Waals surface area contributed by atoms with E-state index in [0.717, 1.165) is 55.0 Å². The zero-order valence-corrected chi connectivity index (χ0v) is 24.2. The van der Waals surface area contributed by atoms with Crippen molar-refractivity contribution in [1.29, 1.82) is 0 Å². The minimum absolute atomic E-state index is 0.607. The fourth-order valence-corrected chi connectivity index (χ4v) is 6.26. The minimum Gasteiger partial charge on any atom is -0.455 e. The Kier molecular flexibility index (Phi) is 5.78. The summed E-state index contributed by atoms with van der Waals surface area (Å²) in [5, 5.41) is 6.69. The molecule has 0 saturated heterocycles. The van der Waals surface area contributed by atoms with Gasteiger partial charge in [0, 0.05) is 32.8 Å². The zero-order valence-electron chi connectivity index (χ0n) is 24.2. The average Bonchev–Trinajstić information content (AvgIpc) is 3.50. The molecule has 2 aromatic heterocycles. The molecule has 2 heterocycles. The second kappa shape index (κ2) is 10.2. The fourth-order valence-electron chi connectivity index (χ4n) is 6.26. The number of furan rings is 1. The molecule has 9 aromatic rings. The van der Waals surface area contributed by atoms with Gasteiger partial charge in [0.15, 0.2) is 17.5 Å². The van der Waals surface area contributed by atoms with Gasteiger partial charge in [-0.2, -0.15) is 0 Å². The highest BCUT2D eigenvalue weighted by molar-refractivity contribution is 6.18. The Labute approximate surface area is 259 Å². The van der Waals surface area contributed by atoms with Gasteiger partial charge in [0.25, 0.3) is 0 Å². The smallest absolute Gasteiger partial charge is 0.164 e. The second-order valence-corrected chi connectivity index (χ2v) is 11.3. The van der Waals surface area contributed by atoms with Gasteiger partial charge < -0.3 is 4.42 Å². The van der Waals surface area contributed by atoms with Crippen LogP contribution in [0, 0.1) is 0 Å². The maximum atomic E-state index is 6.47. The van der Waals surface area contributed by atoms with Crippen molar-refractivity contribution in [3.63, 3.8) is 0 Å². The Morgan fingerprint density at radius 2 is 1.00 bits per heavy atom. The van der Waals surface area contributed by atoms with E-state index in [9.17, 15) is 0 Å². The van der Waals surface area contributed by atoms with Crippen molar-refractivity contribution < 1.29 is 4.42 Å². The number of fused-ring (bicyclic) bond motifs is 6. The van der Waals surface area contributed by atoms with Gasteiger partial charge in [0.2, 0.25) is 0 Å². The highest BCUT2D eigenvalue weighted by Gasteiger charge is 2.18. The molecule has 9 rings (SSSR count). The molecule has 0 aliphatic carbocycles. The van der Waals surface area contributed by atoms with Crippen molar-refractivity contribution in [2.45, 2.75) is 0 Å². The van der Waals surface area contributed by atoms with Crippen LogP contribution in [0.25, 0.3) is 88.8 Å². The first kappa shape index (κ1) is 25.4. The summed E-state index contributed by atoms with van der Waals surface area (Å²) in [5.41, 5.74) is 6.79. The van der Waals surface area contributed by atoms with Crippen molar-refractivity contribution >= 4 is 43.5 Å². The lowest BCUT2D eigenvalue weighted by Gasteiger charge is -2.11. The van der Waals surface area contributed by atoms with Crippen molar-refractivity contribution in [2.24, 2.45) is 0 Å². The first-order valence-corrected chi connectivity index (χ1v) is 15.0.